The van der Waals surface area contributed by atoms with E-state index in [4.69, 9.17) is 16.1 Å². The molecule has 17 heteroatoms. The molecule has 11 rings (SSSR count). The van der Waals surface area contributed by atoms with Crippen molar-refractivity contribution in [2.75, 3.05) is 62.2 Å². The molecule has 3 N–H and O–H groups in total. The molecule has 1 aliphatic carbocycles. The summed E-state index contributed by atoms with van der Waals surface area (Å²) in [6.07, 6.45) is 15.3. The smallest absolute Gasteiger partial charge is 0.329 e. The molecule has 6 aromatic rings. The van der Waals surface area contributed by atoms with E-state index in [1.807, 2.05) is 23.1 Å². The Balaban J connectivity index is 0.780. The van der Waals surface area contributed by atoms with Crippen LogP contribution in [0.2, 0.25) is 0 Å². The van der Waals surface area contributed by atoms with Crippen LogP contribution in [0.5, 0.6) is 11.8 Å². The molecule has 5 aliphatic rings. The number of rotatable bonds is 9. The number of imide groups is 1. The number of nitrogens with one attached hydrogen (secondary N) is 1. The number of piperidine rings is 4. The lowest BCUT2D eigenvalue weighted by Gasteiger charge is -2.48. The van der Waals surface area contributed by atoms with E-state index in [-0.39, 0.29) is 74.9 Å². The Morgan fingerprint density at radius 1 is 0.928 bits per heavy atom. The number of aliphatic hydroxyl groups is 1. The standard InChI is InChI=1S/C52H55F2N9O6/c1-4-34-37(53)8-6-31-24-33(64)26-35(42(31)34)44-43(54)45-36(27-55-44)46(62-19-5-12-50(2,68)28-62)58-48(57-45)69-30-52(13-14-52)29-60-20-15-51(16-21-60)17-22-61(23-18-51)32-7-9-38-40(25-32)59(3)49(67)63(38)39-10-11-41(65)56-47(39)66/h1,6-9,24-27,39,64,68H,5,10-23,28-30H2,2-3H3,(H,56,65,66)/t39?,50-/m1/s1. The molecule has 7 heterocycles. The summed E-state index contributed by atoms with van der Waals surface area (Å²) in [7, 11) is 1.72. The zero-order valence-electron chi connectivity index (χ0n) is 38.9. The third-order valence-corrected chi connectivity index (χ3v) is 15.8. The van der Waals surface area contributed by atoms with E-state index in [2.05, 4.69) is 31.0 Å². The number of amides is 2. The van der Waals surface area contributed by atoms with Gasteiger partial charge in [-0.2, -0.15) is 9.97 Å². The number of halogens is 2. The third kappa shape index (κ3) is 8.10. The Hall–Kier alpha value is -6.64. The minimum absolute atomic E-state index is 0.0128. The van der Waals surface area contributed by atoms with Crippen LogP contribution < -0.4 is 25.5 Å². The maximum atomic E-state index is 17.1. The van der Waals surface area contributed by atoms with Gasteiger partial charge in [-0.25, -0.2) is 13.6 Å². The van der Waals surface area contributed by atoms with E-state index in [1.165, 1.54) is 35.0 Å². The number of hydrogen-bond donors (Lipinski definition) is 3. The number of terminal acetylenes is 1. The number of aromatic hydroxyl groups is 1. The Bertz CT molecular complexity index is 3190. The number of benzene rings is 3. The molecule has 69 heavy (non-hydrogen) atoms. The van der Waals surface area contributed by atoms with Crippen LogP contribution in [0.15, 0.2) is 53.5 Å². The number of aryl methyl sites for hydroxylation is 1. The first-order valence-corrected chi connectivity index (χ1v) is 24.0. The van der Waals surface area contributed by atoms with Crippen LogP contribution in [0, 0.1) is 34.8 Å². The maximum Gasteiger partial charge on any atom is 0.329 e. The number of ether oxygens (including phenoxy) is 1. The Kier molecular flexibility index (Phi) is 10.9. The van der Waals surface area contributed by atoms with Gasteiger partial charge in [-0.05, 0) is 125 Å². The van der Waals surface area contributed by atoms with E-state index in [0.717, 1.165) is 82.5 Å². The lowest BCUT2D eigenvalue weighted by molar-refractivity contribution is -0.135. The van der Waals surface area contributed by atoms with Crippen molar-refractivity contribution < 1.29 is 33.3 Å². The Labute approximate surface area is 397 Å². The second kappa shape index (κ2) is 16.8. The van der Waals surface area contributed by atoms with Gasteiger partial charge in [-0.1, -0.05) is 12.0 Å². The molecular weight excluding hydrogens is 885 g/mol. The number of imidazole rings is 1. The van der Waals surface area contributed by atoms with Gasteiger partial charge < -0.3 is 29.6 Å². The van der Waals surface area contributed by atoms with Crippen LogP contribution in [0.4, 0.5) is 20.3 Å². The average molecular weight is 940 g/mol. The molecule has 358 valence electrons. The molecule has 3 aromatic carbocycles. The highest BCUT2D eigenvalue weighted by molar-refractivity contribution is 6.03. The van der Waals surface area contributed by atoms with Crippen LogP contribution in [-0.2, 0) is 16.6 Å². The van der Waals surface area contributed by atoms with Crippen molar-refractivity contribution in [3.05, 3.63) is 76.3 Å². The molecule has 4 saturated heterocycles. The fourth-order valence-electron chi connectivity index (χ4n) is 11.6. The number of likely N-dealkylation sites (tertiary alicyclic amines) is 1. The number of fused-ring (bicyclic) bond motifs is 3. The molecule has 2 amide bonds. The van der Waals surface area contributed by atoms with Crippen LogP contribution in [0.3, 0.4) is 0 Å². The number of phenolic OH excluding ortho intramolecular Hbond substituents is 1. The molecular formula is C52H55F2N9O6. The molecule has 1 spiro atoms. The highest BCUT2D eigenvalue weighted by atomic mass is 19.1. The second-order valence-corrected chi connectivity index (χ2v) is 20.6. The van der Waals surface area contributed by atoms with Gasteiger partial charge in [0.05, 0.1) is 34.2 Å². The number of hydrogen-bond acceptors (Lipinski definition) is 12. The largest absolute Gasteiger partial charge is 0.508 e. The lowest BCUT2D eigenvalue weighted by Crippen LogP contribution is -2.48. The predicted molar refractivity (Wildman–Crippen MR) is 257 cm³/mol. The molecule has 0 radical (unpaired) electrons. The summed E-state index contributed by atoms with van der Waals surface area (Å²) in [6.45, 7) is 7.59. The van der Waals surface area contributed by atoms with E-state index < -0.39 is 29.2 Å². The molecule has 3 aromatic heterocycles. The minimum Gasteiger partial charge on any atom is -0.508 e. The number of aromatic nitrogens is 5. The number of β-amino-alcohol motifs (C(OH)–C–C–N with tert-alkyl or cyclic N) is 1. The van der Waals surface area contributed by atoms with Crippen molar-refractivity contribution in [2.24, 2.45) is 17.9 Å². The first-order chi connectivity index (χ1) is 33.1. The molecule has 15 nitrogen and oxygen atoms in total. The fourth-order valence-corrected chi connectivity index (χ4v) is 11.6. The summed E-state index contributed by atoms with van der Waals surface area (Å²) in [5, 5.41) is 25.2. The zero-order chi connectivity index (χ0) is 48.0. The predicted octanol–water partition coefficient (Wildman–Crippen LogP) is 6.33. The summed E-state index contributed by atoms with van der Waals surface area (Å²) in [5.74, 6) is 0.416. The average Bonchev–Trinajstić information content (AvgIpc) is 4.06. The van der Waals surface area contributed by atoms with Gasteiger partial charge in [0.1, 0.15) is 34.6 Å². The van der Waals surface area contributed by atoms with E-state index in [0.29, 0.717) is 54.5 Å². The van der Waals surface area contributed by atoms with E-state index >= 15 is 8.78 Å². The summed E-state index contributed by atoms with van der Waals surface area (Å²) in [4.78, 5) is 58.7. The second-order valence-electron chi connectivity index (χ2n) is 20.6. The van der Waals surface area contributed by atoms with Crippen molar-refractivity contribution in [3.63, 3.8) is 0 Å². The monoisotopic (exact) mass is 939 g/mol. The summed E-state index contributed by atoms with van der Waals surface area (Å²) in [6, 6.07) is 10.8. The van der Waals surface area contributed by atoms with Crippen molar-refractivity contribution in [2.45, 2.75) is 82.8 Å². The van der Waals surface area contributed by atoms with Gasteiger partial charge in [0.15, 0.2) is 5.82 Å². The van der Waals surface area contributed by atoms with Crippen molar-refractivity contribution in [1.82, 2.24) is 34.3 Å². The first kappa shape index (κ1) is 44.8. The SMILES string of the molecule is C#Cc1c(F)ccc2cc(O)cc(-c3ncc4c(N5CCC[C@@](C)(O)C5)nc(OCC5(CN6CCC7(CC6)CCN(c6ccc8c(c6)n(C)c(=O)n8C6CCC(=O)NC6=O)CC7)CC5)nc4c3F)c12. The van der Waals surface area contributed by atoms with Crippen LogP contribution in [0.25, 0.3) is 44.0 Å². The van der Waals surface area contributed by atoms with Crippen molar-refractivity contribution in [1.29, 1.82) is 0 Å². The van der Waals surface area contributed by atoms with Gasteiger partial charge >= 0.3 is 11.7 Å². The van der Waals surface area contributed by atoms with Crippen LogP contribution in [-0.4, -0.2) is 109 Å². The molecule has 0 bridgehead atoms. The number of anilines is 2. The van der Waals surface area contributed by atoms with Gasteiger partial charge in [-0.3, -0.25) is 29.0 Å². The van der Waals surface area contributed by atoms with Crippen LogP contribution in [0.1, 0.15) is 82.7 Å². The lowest BCUT2D eigenvalue weighted by atomic mass is 9.71. The topological polar surface area (TPSA) is 171 Å². The minimum atomic E-state index is -0.992. The van der Waals surface area contributed by atoms with Crippen molar-refractivity contribution in [3.8, 4) is 35.4 Å². The van der Waals surface area contributed by atoms with E-state index in [9.17, 15) is 24.6 Å². The van der Waals surface area contributed by atoms with Gasteiger partial charge in [0.2, 0.25) is 11.8 Å². The molecule has 5 fully saturated rings. The zero-order valence-corrected chi connectivity index (χ0v) is 38.9. The molecule has 1 saturated carbocycles. The fraction of sp³-hybridized carbons (Fsp3) is 0.462. The highest BCUT2D eigenvalue weighted by Crippen LogP contribution is 2.49. The Morgan fingerprint density at radius 2 is 1.70 bits per heavy atom. The van der Waals surface area contributed by atoms with Gasteiger partial charge in [0, 0.05) is 74.4 Å². The summed E-state index contributed by atoms with van der Waals surface area (Å²) >= 11 is 0. The quantitative estimate of drug-likeness (QED) is 0.109. The molecule has 2 atom stereocenters. The molecule has 1 unspecified atom stereocenters. The number of pyridine rings is 1. The summed E-state index contributed by atoms with van der Waals surface area (Å²) in [5.41, 5.74) is 1.22. The van der Waals surface area contributed by atoms with Gasteiger partial charge in [-0.15, -0.1) is 6.42 Å². The Morgan fingerprint density at radius 3 is 2.42 bits per heavy atom. The number of nitrogens with zero attached hydrogens (tertiary/aromatic N) is 8. The first-order valence-electron chi connectivity index (χ1n) is 24.0. The van der Waals surface area contributed by atoms with Gasteiger partial charge in [0.25, 0.3) is 0 Å². The molecule has 4 aliphatic heterocycles. The third-order valence-electron chi connectivity index (χ3n) is 15.8. The number of phenols is 1. The maximum absolute atomic E-state index is 17.1. The van der Waals surface area contributed by atoms with Crippen LogP contribution >= 0.6 is 0 Å². The number of carbonyl (C=O) groups excluding carboxylic acids is 2. The normalized spacial score (nSPS) is 22.6. The summed E-state index contributed by atoms with van der Waals surface area (Å²) < 4.78 is 41.7. The van der Waals surface area contributed by atoms with Crippen molar-refractivity contribution >= 4 is 56.0 Å². The van der Waals surface area contributed by atoms with E-state index in [1.54, 1.807) is 18.5 Å². The highest BCUT2D eigenvalue weighted by Gasteiger charge is 2.47. The number of carbonyl (C=O) groups is 2.